The Morgan fingerprint density at radius 2 is 0.956 bits per heavy atom. The van der Waals surface area contributed by atoms with Gasteiger partial charge in [-0.15, -0.1) is 11.3 Å². The number of thiophene rings is 1. The number of fused-ring (bicyclic) bond motifs is 5. The Hall–Kier alpha value is -5.22. The van der Waals surface area contributed by atoms with Crippen molar-refractivity contribution in [1.82, 2.24) is 0 Å². The van der Waals surface area contributed by atoms with E-state index in [1.165, 1.54) is 69.1 Å². The fourth-order valence-corrected chi connectivity index (χ4v) is 13.6. The lowest BCUT2D eigenvalue weighted by atomic mass is 10.0. The lowest BCUT2D eigenvalue weighted by Gasteiger charge is -2.45. The summed E-state index contributed by atoms with van der Waals surface area (Å²) in [6.45, 7) is 0. The third kappa shape index (κ3) is 3.98. The molecule has 1 nitrogen and oxygen atoms in total. The van der Waals surface area contributed by atoms with E-state index in [1.54, 1.807) is 0 Å². The zero-order valence-corrected chi connectivity index (χ0v) is 26.4. The molecule has 0 spiro atoms. The number of rotatable bonds is 4. The van der Waals surface area contributed by atoms with E-state index in [4.69, 9.17) is 0 Å². The Morgan fingerprint density at radius 3 is 1.64 bits per heavy atom. The molecule has 0 fully saturated rings. The molecular weight excluding hydrogens is 579 g/mol. The summed E-state index contributed by atoms with van der Waals surface area (Å²) in [6.07, 6.45) is 0. The van der Waals surface area contributed by atoms with E-state index in [2.05, 4.69) is 181 Å². The first-order valence-corrected chi connectivity index (χ1v) is 18.3. The number of anilines is 3. The van der Waals surface area contributed by atoms with Crippen LogP contribution < -0.4 is 25.6 Å². The van der Waals surface area contributed by atoms with Crippen LogP contribution in [0.1, 0.15) is 0 Å². The third-order valence-electron chi connectivity index (χ3n) is 9.33. The van der Waals surface area contributed by atoms with Crippen LogP contribution in [0.15, 0.2) is 176 Å². The summed E-state index contributed by atoms with van der Waals surface area (Å²) >= 11 is 1.87. The Balaban J connectivity index is 1.27. The average Bonchev–Trinajstić information content (AvgIpc) is 3.49. The minimum absolute atomic E-state index is 1.17. The van der Waals surface area contributed by atoms with Crippen LogP contribution in [0.2, 0.25) is 0 Å². The molecule has 2 heterocycles. The molecule has 0 unspecified atom stereocenters. The molecule has 0 radical (unpaired) electrons. The molecule has 0 saturated heterocycles. The molecule has 1 aromatic heterocycles. The molecule has 3 heteroatoms. The topological polar surface area (TPSA) is 3.24 Å². The highest BCUT2D eigenvalue weighted by Gasteiger charge is 2.48. The molecule has 0 amide bonds. The molecule has 7 aromatic carbocycles. The van der Waals surface area contributed by atoms with Crippen LogP contribution in [-0.4, -0.2) is 8.07 Å². The van der Waals surface area contributed by atoms with Gasteiger partial charge in [0.1, 0.15) is 0 Å². The largest absolute Gasteiger partial charge is 0.311 e. The maximum atomic E-state index is 2.49. The van der Waals surface area contributed by atoms with Crippen molar-refractivity contribution in [1.29, 1.82) is 0 Å². The SMILES string of the molecule is c1ccc([Si]2(c3ccccc3)c3ccccc3N(c3cccc(-c4ccc5sc6ccccc6c5c4)c3)c3ccccc32)cc1. The summed E-state index contributed by atoms with van der Waals surface area (Å²) < 4.78 is 2.67. The van der Waals surface area contributed by atoms with Crippen molar-refractivity contribution in [3.8, 4) is 11.1 Å². The molecule has 212 valence electrons. The van der Waals surface area contributed by atoms with Crippen LogP contribution >= 0.6 is 11.3 Å². The fourth-order valence-electron chi connectivity index (χ4n) is 7.42. The molecule has 0 saturated carbocycles. The van der Waals surface area contributed by atoms with Gasteiger partial charge in [0.25, 0.3) is 0 Å². The Morgan fingerprint density at radius 1 is 0.400 bits per heavy atom. The lowest BCUT2D eigenvalue weighted by Crippen LogP contribution is -2.77. The zero-order valence-electron chi connectivity index (χ0n) is 24.6. The van der Waals surface area contributed by atoms with Gasteiger partial charge in [0.05, 0.1) is 0 Å². The van der Waals surface area contributed by atoms with E-state index in [-0.39, 0.29) is 0 Å². The number of hydrogen-bond acceptors (Lipinski definition) is 2. The Bertz CT molecular complexity index is 2250. The number of benzene rings is 7. The molecule has 0 atom stereocenters. The minimum Gasteiger partial charge on any atom is -0.311 e. The van der Waals surface area contributed by atoms with Gasteiger partial charge in [0, 0.05) is 37.2 Å². The zero-order chi connectivity index (χ0) is 29.8. The predicted octanol–water partition coefficient (Wildman–Crippen LogP) is 8.88. The van der Waals surface area contributed by atoms with Crippen molar-refractivity contribution in [3.05, 3.63) is 176 Å². The second-order valence-electron chi connectivity index (χ2n) is 11.7. The van der Waals surface area contributed by atoms with Gasteiger partial charge in [0.15, 0.2) is 8.07 Å². The van der Waals surface area contributed by atoms with Crippen molar-refractivity contribution >= 4 is 77.4 Å². The summed E-state index contributed by atoms with van der Waals surface area (Å²) in [6, 6.07) is 65.3. The van der Waals surface area contributed by atoms with Gasteiger partial charge >= 0.3 is 0 Å². The van der Waals surface area contributed by atoms with Gasteiger partial charge in [0.2, 0.25) is 0 Å². The van der Waals surface area contributed by atoms with Crippen LogP contribution in [-0.2, 0) is 0 Å². The average molecular weight is 608 g/mol. The number of hydrogen-bond donors (Lipinski definition) is 0. The smallest absolute Gasteiger partial charge is 0.184 e. The van der Waals surface area contributed by atoms with Crippen LogP contribution in [0.5, 0.6) is 0 Å². The van der Waals surface area contributed by atoms with Crippen LogP contribution in [0.4, 0.5) is 17.1 Å². The van der Waals surface area contributed by atoms with Gasteiger partial charge in [-0.1, -0.05) is 133 Å². The molecular formula is C42H29NSSi. The second kappa shape index (κ2) is 10.4. The van der Waals surface area contributed by atoms with Crippen LogP contribution in [0, 0.1) is 0 Å². The van der Waals surface area contributed by atoms with Gasteiger partial charge < -0.3 is 4.90 Å². The highest BCUT2D eigenvalue weighted by molar-refractivity contribution is 7.25. The summed E-state index contributed by atoms with van der Waals surface area (Å²) in [5, 5.41) is 8.29. The molecule has 9 rings (SSSR count). The van der Waals surface area contributed by atoms with Crippen LogP contribution in [0.3, 0.4) is 0 Å². The standard InChI is InChI=1S/C42H29NSSi/c1-3-16-33(17-4-1)45(34-18-5-2-6-19-34)41-24-11-8-21-37(41)43(38-22-9-12-25-42(38)45)32-15-13-14-30(28-32)31-26-27-40-36(29-31)35-20-7-10-23-39(35)44-40/h1-29H. The monoisotopic (exact) mass is 607 g/mol. The molecule has 8 aromatic rings. The molecule has 1 aliphatic rings. The molecule has 1 aliphatic heterocycles. The first-order valence-electron chi connectivity index (χ1n) is 15.4. The van der Waals surface area contributed by atoms with E-state index >= 15 is 0 Å². The molecule has 0 bridgehead atoms. The second-order valence-corrected chi connectivity index (χ2v) is 16.5. The summed E-state index contributed by atoms with van der Waals surface area (Å²) in [7, 11) is -2.62. The van der Waals surface area contributed by atoms with Gasteiger partial charge in [-0.3, -0.25) is 0 Å². The lowest BCUT2D eigenvalue weighted by molar-refractivity contribution is 1.29. The highest BCUT2D eigenvalue weighted by atomic mass is 32.1. The molecule has 0 aliphatic carbocycles. The number of para-hydroxylation sites is 2. The fraction of sp³-hybridized carbons (Fsp3) is 0. The van der Waals surface area contributed by atoms with Crippen molar-refractivity contribution < 1.29 is 0 Å². The van der Waals surface area contributed by atoms with Gasteiger partial charge in [-0.25, -0.2) is 0 Å². The quantitative estimate of drug-likeness (QED) is 0.181. The molecule has 45 heavy (non-hydrogen) atoms. The predicted molar refractivity (Wildman–Crippen MR) is 197 cm³/mol. The Labute approximate surface area is 268 Å². The number of nitrogens with zero attached hydrogens (tertiary/aromatic N) is 1. The van der Waals surface area contributed by atoms with E-state index in [1.807, 2.05) is 11.3 Å². The highest BCUT2D eigenvalue weighted by Crippen LogP contribution is 2.41. The third-order valence-corrected chi connectivity index (χ3v) is 15.3. The van der Waals surface area contributed by atoms with Crippen molar-refractivity contribution in [2.45, 2.75) is 0 Å². The van der Waals surface area contributed by atoms with E-state index in [0.717, 1.165) is 0 Å². The normalized spacial score (nSPS) is 13.5. The maximum absolute atomic E-state index is 2.62. The van der Waals surface area contributed by atoms with E-state index in [0.29, 0.717) is 0 Å². The van der Waals surface area contributed by atoms with Crippen molar-refractivity contribution in [2.24, 2.45) is 0 Å². The first kappa shape index (κ1) is 26.2. The van der Waals surface area contributed by atoms with Crippen molar-refractivity contribution in [2.75, 3.05) is 4.90 Å². The van der Waals surface area contributed by atoms with Crippen LogP contribution in [0.25, 0.3) is 31.3 Å². The minimum atomic E-state index is -2.62. The maximum Gasteiger partial charge on any atom is 0.184 e. The van der Waals surface area contributed by atoms with E-state index < -0.39 is 8.07 Å². The first-order chi connectivity index (χ1) is 22.3. The van der Waals surface area contributed by atoms with E-state index in [9.17, 15) is 0 Å². The summed E-state index contributed by atoms with van der Waals surface area (Å²) in [4.78, 5) is 2.49. The summed E-state index contributed by atoms with van der Waals surface area (Å²) in [5.74, 6) is 0. The van der Waals surface area contributed by atoms with Gasteiger partial charge in [-0.05, 0) is 74.3 Å². The van der Waals surface area contributed by atoms with Crippen molar-refractivity contribution in [3.63, 3.8) is 0 Å². The van der Waals surface area contributed by atoms with Gasteiger partial charge in [-0.2, -0.15) is 0 Å². The summed E-state index contributed by atoms with van der Waals surface area (Å²) in [5.41, 5.74) is 6.15. The Kier molecular flexibility index (Phi) is 6.08. The molecule has 0 N–H and O–H groups in total.